The lowest BCUT2D eigenvalue weighted by Gasteiger charge is -2.35. The summed E-state index contributed by atoms with van der Waals surface area (Å²) >= 11 is 0. The minimum absolute atomic E-state index is 0.0622. The number of nitrogens with two attached hydrogens (primary N) is 2. The van der Waals surface area contributed by atoms with Gasteiger partial charge in [-0.05, 0) is 6.92 Å². The number of ether oxygens (including phenoxy) is 2. The van der Waals surface area contributed by atoms with Crippen LogP contribution in [-0.4, -0.2) is 63.4 Å². The SMILES string of the molecule is COCCN(C(C)COC)C(CN)CC(N)=O. The monoisotopic (exact) mass is 247 g/mol. The predicted molar refractivity (Wildman–Crippen MR) is 66.6 cm³/mol. The Morgan fingerprint density at radius 1 is 1.35 bits per heavy atom. The smallest absolute Gasteiger partial charge is 0.219 e. The molecule has 0 aliphatic heterocycles. The van der Waals surface area contributed by atoms with Gasteiger partial charge in [-0.2, -0.15) is 0 Å². The van der Waals surface area contributed by atoms with Crippen LogP contribution in [0.15, 0.2) is 0 Å². The second-order valence-corrected chi connectivity index (χ2v) is 4.09. The Morgan fingerprint density at radius 2 is 2.00 bits per heavy atom. The van der Waals surface area contributed by atoms with Gasteiger partial charge in [0.2, 0.25) is 5.91 Å². The quantitative estimate of drug-likeness (QED) is 0.526. The molecule has 0 heterocycles. The van der Waals surface area contributed by atoms with Crippen molar-refractivity contribution in [3.05, 3.63) is 0 Å². The predicted octanol–water partition coefficient (Wildman–Crippen LogP) is -0.828. The Kier molecular flexibility index (Phi) is 8.97. The van der Waals surface area contributed by atoms with Crippen LogP contribution in [0, 0.1) is 0 Å². The summed E-state index contributed by atoms with van der Waals surface area (Å²) in [6, 6.07) is 0.107. The van der Waals surface area contributed by atoms with Gasteiger partial charge >= 0.3 is 0 Å². The largest absolute Gasteiger partial charge is 0.383 e. The molecular weight excluding hydrogens is 222 g/mol. The molecule has 0 fully saturated rings. The topological polar surface area (TPSA) is 90.8 Å². The fourth-order valence-electron chi connectivity index (χ4n) is 1.86. The molecule has 1 amide bonds. The van der Waals surface area contributed by atoms with Crippen molar-refractivity contribution in [2.24, 2.45) is 11.5 Å². The van der Waals surface area contributed by atoms with Gasteiger partial charge in [0.15, 0.2) is 0 Å². The van der Waals surface area contributed by atoms with Gasteiger partial charge in [-0.3, -0.25) is 9.69 Å². The highest BCUT2D eigenvalue weighted by Crippen LogP contribution is 2.09. The van der Waals surface area contributed by atoms with Gasteiger partial charge in [0.05, 0.1) is 13.2 Å². The summed E-state index contributed by atoms with van der Waals surface area (Å²) in [5.74, 6) is -0.340. The Bertz CT molecular complexity index is 214. The molecule has 0 aliphatic rings. The van der Waals surface area contributed by atoms with Crippen LogP contribution in [0.3, 0.4) is 0 Å². The molecular formula is C11H25N3O3. The van der Waals surface area contributed by atoms with E-state index in [0.29, 0.717) is 26.3 Å². The first-order valence-corrected chi connectivity index (χ1v) is 5.78. The van der Waals surface area contributed by atoms with Crippen molar-refractivity contribution in [2.75, 3.05) is 40.5 Å². The number of rotatable bonds is 10. The number of carbonyl (C=O) groups is 1. The molecule has 102 valence electrons. The third kappa shape index (κ3) is 6.58. The van der Waals surface area contributed by atoms with E-state index in [1.165, 1.54) is 0 Å². The average molecular weight is 247 g/mol. The number of amides is 1. The van der Waals surface area contributed by atoms with Crippen molar-refractivity contribution < 1.29 is 14.3 Å². The number of nitrogens with zero attached hydrogens (tertiary/aromatic N) is 1. The fraction of sp³-hybridized carbons (Fsp3) is 0.909. The molecule has 0 saturated carbocycles. The lowest BCUT2D eigenvalue weighted by atomic mass is 10.1. The van der Waals surface area contributed by atoms with Gasteiger partial charge in [0.25, 0.3) is 0 Å². The first-order valence-electron chi connectivity index (χ1n) is 5.78. The molecule has 17 heavy (non-hydrogen) atoms. The molecule has 0 bridgehead atoms. The van der Waals surface area contributed by atoms with Gasteiger partial charge in [-0.1, -0.05) is 0 Å². The van der Waals surface area contributed by atoms with E-state index in [4.69, 9.17) is 20.9 Å². The number of carbonyl (C=O) groups excluding carboxylic acids is 1. The normalized spacial score (nSPS) is 14.9. The van der Waals surface area contributed by atoms with Crippen molar-refractivity contribution in [3.8, 4) is 0 Å². The zero-order chi connectivity index (χ0) is 13.3. The average Bonchev–Trinajstić information content (AvgIpc) is 2.27. The van der Waals surface area contributed by atoms with Crippen LogP contribution < -0.4 is 11.5 Å². The summed E-state index contributed by atoms with van der Waals surface area (Å²) < 4.78 is 10.2. The standard InChI is InChI=1S/C11H25N3O3/c1-9(8-17-3)14(4-5-16-2)10(7-12)6-11(13)15/h9-10H,4-8,12H2,1-3H3,(H2,13,15). The lowest BCUT2D eigenvalue weighted by Crippen LogP contribution is -2.50. The van der Waals surface area contributed by atoms with Crippen LogP contribution in [0.5, 0.6) is 0 Å². The van der Waals surface area contributed by atoms with Gasteiger partial charge in [-0.25, -0.2) is 0 Å². The van der Waals surface area contributed by atoms with Crippen LogP contribution in [0.25, 0.3) is 0 Å². The van der Waals surface area contributed by atoms with E-state index in [2.05, 4.69) is 4.90 Å². The molecule has 2 unspecified atom stereocenters. The zero-order valence-corrected chi connectivity index (χ0v) is 11.0. The van der Waals surface area contributed by atoms with E-state index in [-0.39, 0.29) is 24.4 Å². The highest BCUT2D eigenvalue weighted by Gasteiger charge is 2.23. The minimum Gasteiger partial charge on any atom is -0.383 e. The second-order valence-electron chi connectivity index (χ2n) is 4.09. The summed E-state index contributed by atoms with van der Waals surface area (Å²) in [6.45, 7) is 4.29. The molecule has 0 saturated heterocycles. The molecule has 0 aliphatic carbocycles. The summed E-state index contributed by atoms with van der Waals surface area (Å²) in [5.41, 5.74) is 10.9. The Balaban J connectivity index is 4.53. The molecule has 4 N–H and O–H groups in total. The van der Waals surface area contributed by atoms with Crippen molar-refractivity contribution in [2.45, 2.75) is 25.4 Å². The summed E-state index contributed by atoms with van der Waals surface area (Å²) in [7, 11) is 3.29. The highest BCUT2D eigenvalue weighted by molar-refractivity contribution is 5.74. The molecule has 0 rings (SSSR count). The summed E-state index contributed by atoms with van der Waals surface area (Å²) in [4.78, 5) is 13.1. The van der Waals surface area contributed by atoms with Gasteiger partial charge < -0.3 is 20.9 Å². The molecule has 2 atom stereocenters. The van der Waals surface area contributed by atoms with Crippen molar-refractivity contribution >= 4 is 5.91 Å². The van der Waals surface area contributed by atoms with Crippen LogP contribution in [0.1, 0.15) is 13.3 Å². The van der Waals surface area contributed by atoms with E-state index < -0.39 is 0 Å². The van der Waals surface area contributed by atoms with Crippen molar-refractivity contribution in [1.82, 2.24) is 4.90 Å². The first-order chi connectivity index (χ1) is 8.06. The number of methoxy groups -OCH3 is 2. The Morgan fingerprint density at radius 3 is 2.41 bits per heavy atom. The molecule has 6 heteroatoms. The molecule has 0 radical (unpaired) electrons. The van der Waals surface area contributed by atoms with Gasteiger partial charge in [0, 0.05) is 45.8 Å². The van der Waals surface area contributed by atoms with E-state index in [1.807, 2.05) is 6.92 Å². The Hall–Kier alpha value is -0.690. The summed E-state index contributed by atoms with van der Waals surface area (Å²) in [5, 5.41) is 0. The van der Waals surface area contributed by atoms with E-state index in [0.717, 1.165) is 0 Å². The maximum atomic E-state index is 11.0. The van der Waals surface area contributed by atoms with Gasteiger partial charge in [-0.15, -0.1) is 0 Å². The maximum absolute atomic E-state index is 11.0. The highest BCUT2D eigenvalue weighted by atomic mass is 16.5. The third-order valence-electron chi connectivity index (χ3n) is 2.71. The first kappa shape index (κ1) is 16.3. The zero-order valence-electron chi connectivity index (χ0n) is 11.0. The van der Waals surface area contributed by atoms with Crippen LogP contribution in [0.4, 0.5) is 0 Å². The van der Waals surface area contributed by atoms with Crippen LogP contribution in [-0.2, 0) is 14.3 Å². The number of primary amides is 1. The molecule has 0 aromatic heterocycles. The molecule has 6 nitrogen and oxygen atoms in total. The molecule has 0 aromatic carbocycles. The number of hydrogen-bond acceptors (Lipinski definition) is 5. The molecule has 0 aromatic rings. The lowest BCUT2D eigenvalue weighted by molar-refractivity contribution is -0.119. The second kappa shape index (κ2) is 9.35. The van der Waals surface area contributed by atoms with E-state index >= 15 is 0 Å². The summed E-state index contributed by atoms with van der Waals surface area (Å²) in [6.07, 6.45) is 0.258. The van der Waals surface area contributed by atoms with E-state index in [1.54, 1.807) is 14.2 Å². The maximum Gasteiger partial charge on any atom is 0.219 e. The van der Waals surface area contributed by atoms with Crippen LogP contribution in [0.2, 0.25) is 0 Å². The molecule has 0 spiro atoms. The van der Waals surface area contributed by atoms with Crippen LogP contribution >= 0.6 is 0 Å². The van der Waals surface area contributed by atoms with Crippen molar-refractivity contribution in [3.63, 3.8) is 0 Å². The number of hydrogen-bond donors (Lipinski definition) is 2. The Labute approximate surface area is 103 Å². The third-order valence-corrected chi connectivity index (χ3v) is 2.71. The van der Waals surface area contributed by atoms with Gasteiger partial charge in [0.1, 0.15) is 0 Å². The fourth-order valence-corrected chi connectivity index (χ4v) is 1.86. The van der Waals surface area contributed by atoms with E-state index in [9.17, 15) is 4.79 Å². The minimum atomic E-state index is -0.340. The van der Waals surface area contributed by atoms with Crippen molar-refractivity contribution in [1.29, 1.82) is 0 Å².